The zero-order chi connectivity index (χ0) is 14.2. The molecule has 0 radical (unpaired) electrons. The molecule has 5 N–H and O–H groups in total. The minimum absolute atomic E-state index is 0. The van der Waals surface area contributed by atoms with Gasteiger partial charge in [-0.05, 0) is 0 Å². The van der Waals surface area contributed by atoms with E-state index in [9.17, 15) is 14.4 Å². The first-order valence-corrected chi connectivity index (χ1v) is 4.10. The van der Waals surface area contributed by atoms with Gasteiger partial charge in [0.15, 0.2) is 5.60 Å². The van der Waals surface area contributed by atoms with Crippen molar-refractivity contribution in [1.29, 1.82) is 0 Å². The first-order valence-electron chi connectivity index (χ1n) is 4.10. The van der Waals surface area contributed by atoms with Crippen LogP contribution in [-0.4, -0.2) is 55.0 Å². The Bertz CT molecular complexity index is 310. The van der Waals surface area contributed by atoms with Crippen LogP contribution in [0, 0.1) is 0 Å². The summed E-state index contributed by atoms with van der Waals surface area (Å²) in [5.74, 6) is -5.85. The second-order valence-electron chi connectivity index (χ2n) is 3.00. The summed E-state index contributed by atoms with van der Waals surface area (Å²) in [4.78, 5) is 39.5. The molecule has 0 aromatic rings. The molecule has 0 aromatic carbocycles. The van der Waals surface area contributed by atoms with E-state index in [1.807, 2.05) is 0 Å². The van der Waals surface area contributed by atoms with Gasteiger partial charge in [0.1, 0.15) is 0 Å². The Hall–Kier alpha value is -1.16. The molecule has 0 aliphatic rings. The van der Waals surface area contributed by atoms with Gasteiger partial charge in [0.2, 0.25) is 0 Å². The fourth-order valence-corrected chi connectivity index (χ4v) is 0.714. The number of rotatable bonds is 5. The Kier molecular flexibility index (Phi) is 12.0. The summed E-state index contributed by atoms with van der Waals surface area (Å²) in [5, 5.41) is 41.2. The van der Waals surface area contributed by atoms with E-state index >= 15 is 0 Å². The van der Waals surface area contributed by atoms with Crippen molar-refractivity contribution in [2.75, 3.05) is 0 Å². The molecule has 0 saturated heterocycles. The normalized spacial score (nSPS) is 9.22. The molecule has 0 aliphatic heterocycles. The van der Waals surface area contributed by atoms with E-state index < -0.39 is 42.3 Å². The van der Waals surface area contributed by atoms with E-state index in [0.717, 1.165) is 6.92 Å². The zero-order valence-corrected chi connectivity index (χ0v) is 11.8. The summed E-state index contributed by atoms with van der Waals surface area (Å²) in [7, 11) is 0. The standard InChI is InChI=1S/C6H8O7.C2H4O2.Na.H/c7-3(8)1-6(13,5(11)12)2-4(9)10;1-2(3)4;;/h13H,1-2H2,(H,7,8)(H,9,10)(H,11,12);1H3,(H,3,4);;/q;;+1;-1. The molecular weight excluding hydrogens is 263 g/mol. The molecule has 100 valence electrons. The largest absolute Gasteiger partial charge is 1.00 e. The Morgan fingerprint density at radius 2 is 1.17 bits per heavy atom. The number of hydrogen-bond donors (Lipinski definition) is 5. The van der Waals surface area contributed by atoms with Gasteiger partial charge in [0, 0.05) is 6.92 Å². The number of carboxylic acids is 4. The van der Waals surface area contributed by atoms with Crippen molar-refractivity contribution in [2.24, 2.45) is 0 Å². The van der Waals surface area contributed by atoms with E-state index in [1.54, 1.807) is 0 Å². The van der Waals surface area contributed by atoms with Crippen LogP contribution in [-0.2, 0) is 19.2 Å². The summed E-state index contributed by atoms with van der Waals surface area (Å²) in [6.07, 6.45) is -2.29. The monoisotopic (exact) mass is 276 g/mol. The zero-order valence-electron chi connectivity index (χ0n) is 10.8. The second-order valence-corrected chi connectivity index (χ2v) is 3.00. The summed E-state index contributed by atoms with van der Waals surface area (Å²) in [6.45, 7) is 1.08. The summed E-state index contributed by atoms with van der Waals surface area (Å²) in [6, 6.07) is 0. The van der Waals surface area contributed by atoms with Gasteiger partial charge >= 0.3 is 47.5 Å². The maximum Gasteiger partial charge on any atom is 1.00 e. The fourth-order valence-electron chi connectivity index (χ4n) is 0.714. The average molecular weight is 276 g/mol. The molecule has 0 fully saturated rings. The van der Waals surface area contributed by atoms with E-state index in [1.165, 1.54) is 0 Å². The van der Waals surface area contributed by atoms with Crippen LogP contribution in [0.15, 0.2) is 0 Å². The second kappa shape index (κ2) is 9.83. The average Bonchev–Trinajstić information content (AvgIpc) is 1.98. The molecule has 10 heteroatoms. The number of hydrogen-bond acceptors (Lipinski definition) is 5. The topological polar surface area (TPSA) is 169 Å². The van der Waals surface area contributed by atoms with Crippen LogP contribution in [0.4, 0.5) is 0 Å². The summed E-state index contributed by atoms with van der Waals surface area (Å²) >= 11 is 0. The quantitative estimate of drug-likeness (QED) is 0.313. The van der Waals surface area contributed by atoms with Gasteiger partial charge < -0.3 is 27.0 Å². The van der Waals surface area contributed by atoms with Crippen LogP contribution in [0.1, 0.15) is 21.2 Å². The molecule has 0 aromatic heterocycles. The van der Waals surface area contributed by atoms with E-state index in [4.69, 9.17) is 30.3 Å². The van der Waals surface area contributed by atoms with Crippen molar-refractivity contribution in [1.82, 2.24) is 0 Å². The Labute approximate surface area is 125 Å². The van der Waals surface area contributed by atoms with Crippen LogP contribution in [0.2, 0.25) is 0 Å². The molecule has 0 heterocycles. The fraction of sp³-hybridized carbons (Fsp3) is 0.500. The molecule has 9 nitrogen and oxygen atoms in total. The van der Waals surface area contributed by atoms with Crippen LogP contribution >= 0.6 is 0 Å². The number of carbonyl (C=O) groups is 4. The Morgan fingerprint density at radius 3 is 1.28 bits per heavy atom. The van der Waals surface area contributed by atoms with Crippen molar-refractivity contribution in [2.45, 2.75) is 25.4 Å². The van der Waals surface area contributed by atoms with Gasteiger partial charge in [-0.25, -0.2) is 4.79 Å². The molecule has 0 amide bonds. The van der Waals surface area contributed by atoms with Gasteiger partial charge in [-0.15, -0.1) is 0 Å². The molecule has 18 heavy (non-hydrogen) atoms. The predicted molar refractivity (Wildman–Crippen MR) is 51.5 cm³/mol. The third-order valence-electron chi connectivity index (χ3n) is 1.29. The van der Waals surface area contributed by atoms with Crippen LogP contribution in [0.25, 0.3) is 0 Å². The van der Waals surface area contributed by atoms with Gasteiger partial charge in [-0.1, -0.05) is 0 Å². The molecule has 0 unspecified atom stereocenters. The van der Waals surface area contributed by atoms with Gasteiger partial charge in [-0.2, -0.15) is 0 Å². The number of carboxylic acid groups (broad SMARTS) is 4. The Morgan fingerprint density at radius 1 is 0.944 bits per heavy atom. The summed E-state index contributed by atoms with van der Waals surface area (Å²) in [5.41, 5.74) is -2.74. The molecule has 0 rings (SSSR count). The summed E-state index contributed by atoms with van der Waals surface area (Å²) < 4.78 is 0. The Balaban J connectivity index is -0.000000165. The SMILES string of the molecule is CC(=O)O.O=C(O)CC(O)(CC(=O)O)C(=O)O.[H-].[Na+]. The number of aliphatic carboxylic acids is 4. The van der Waals surface area contributed by atoms with Crippen LogP contribution in [0.5, 0.6) is 0 Å². The third kappa shape index (κ3) is 12.9. The molecule has 0 saturated carbocycles. The van der Waals surface area contributed by atoms with E-state index in [2.05, 4.69) is 0 Å². The number of aliphatic hydroxyl groups is 1. The maximum atomic E-state index is 10.3. The van der Waals surface area contributed by atoms with Crippen molar-refractivity contribution >= 4 is 23.9 Å². The minimum Gasteiger partial charge on any atom is -1.00 e. The van der Waals surface area contributed by atoms with E-state index in [0.29, 0.717) is 0 Å². The minimum atomic E-state index is -2.74. The van der Waals surface area contributed by atoms with Gasteiger partial charge in [0.05, 0.1) is 12.8 Å². The smallest absolute Gasteiger partial charge is 1.00 e. The molecular formula is C8H13NaO9. The van der Waals surface area contributed by atoms with Crippen LogP contribution < -0.4 is 29.6 Å². The van der Waals surface area contributed by atoms with Crippen LogP contribution in [0.3, 0.4) is 0 Å². The maximum absolute atomic E-state index is 10.3. The van der Waals surface area contributed by atoms with Crippen molar-refractivity contribution < 1.29 is 75.7 Å². The van der Waals surface area contributed by atoms with Crippen molar-refractivity contribution in [3.63, 3.8) is 0 Å². The predicted octanol–water partition coefficient (Wildman–Crippen LogP) is -4.04. The first-order chi connectivity index (χ1) is 7.51. The van der Waals surface area contributed by atoms with E-state index in [-0.39, 0.29) is 31.0 Å². The molecule has 0 atom stereocenters. The van der Waals surface area contributed by atoms with Crippen molar-refractivity contribution in [3.8, 4) is 0 Å². The molecule has 0 bridgehead atoms. The molecule has 0 spiro atoms. The third-order valence-corrected chi connectivity index (χ3v) is 1.29. The first kappa shape index (κ1) is 22.1. The molecule has 0 aliphatic carbocycles. The van der Waals surface area contributed by atoms with Crippen molar-refractivity contribution in [3.05, 3.63) is 0 Å². The van der Waals surface area contributed by atoms with Gasteiger partial charge in [-0.3, -0.25) is 14.4 Å². The van der Waals surface area contributed by atoms with Gasteiger partial charge in [0.25, 0.3) is 5.97 Å².